The van der Waals surface area contributed by atoms with Crippen molar-refractivity contribution >= 4 is 11.9 Å². The summed E-state index contributed by atoms with van der Waals surface area (Å²) < 4.78 is 8.43. The fourth-order valence-corrected chi connectivity index (χ4v) is 0.363. The normalized spacial score (nSPS) is 10.5. The molecule has 0 aliphatic rings. The molecule has 0 aliphatic carbocycles. The summed E-state index contributed by atoms with van der Waals surface area (Å²) in [6.07, 6.45) is 0.853. The maximum atomic E-state index is 10.5. The van der Waals surface area contributed by atoms with Gasteiger partial charge in [0.15, 0.2) is 0 Å². The highest BCUT2D eigenvalue weighted by Gasteiger charge is 2.06. The van der Waals surface area contributed by atoms with E-state index in [1.807, 2.05) is 0 Å². The van der Waals surface area contributed by atoms with Crippen molar-refractivity contribution < 1.29 is 19.1 Å². The summed E-state index contributed by atoms with van der Waals surface area (Å²) >= 11 is 0. The van der Waals surface area contributed by atoms with Crippen LogP contribution in [0.4, 0.5) is 0 Å². The van der Waals surface area contributed by atoms with Crippen molar-refractivity contribution in [2.45, 2.75) is 0 Å². The molecular formula is C6H9NO4. The number of carbonyl (C=O) groups is 2. The van der Waals surface area contributed by atoms with Crippen LogP contribution >= 0.6 is 0 Å². The predicted molar refractivity (Wildman–Crippen MR) is 36.3 cm³/mol. The zero-order valence-electron chi connectivity index (χ0n) is 6.29. The molecule has 5 heteroatoms. The number of nitrogens with two attached hydrogens (primary N) is 1. The largest absolute Gasteiger partial charge is 0.466 e. The Morgan fingerprint density at radius 1 is 1.27 bits per heavy atom. The monoisotopic (exact) mass is 159 g/mol. The Kier molecular flexibility index (Phi) is 3.72. The van der Waals surface area contributed by atoms with E-state index in [1.54, 1.807) is 0 Å². The Morgan fingerprint density at radius 2 is 1.82 bits per heavy atom. The molecule has 0 radical (unpaired) electrons. The quantitative estimate of drug-likeness (QED) is 0.420. The van der Waals surface area contributed by atoms with Crippen LogP contribution in [0.15, 0.2) is 11.8 Å². The van der Waals surface area contributed by atoms with Gasteiger partial charge >= 0.3 is 11.9 Å². The van der Waals surface area contributed by atoms with Gasteiger partial charge in [0, 0.05) is 0 Å². The number of hydrogen-bond acceptors (Lipinski definition) is 5. The van der Waals surface area contributed by atoms with E-state index < -0.39 is 11.9 Å². The number of rotatable bonds is 2. The second-order valence-electron chi connectivity index (χ2n) is 1.61. The number of esters is 2. The van der Waals surface area contributed by atoms with Gasteiger partial charge in [-0.05, 0) is 0 Å². The molecule has 0 saturated heterocycles. The fourth-order valence-electron chi connectivity index (χ4n) is 0.363. The smallest absolute Gasteiger partial charge is 0.354 e. The van der Waals surface area contributed by atoms with E-state index >= 15 is 0 Å². The summed E-state index contributed by atoms with van der Waals surface area (Å²) in [5.41, 5.74) is 4.81. The van der Waals surface area contributed by atoms with E-state index in [-0.39, 0.29) is 5.70 Å². The molecule has 0 aromatic rings. The first-order valence-corrected chi connectivity index (χ1v) is 2.75. The van der Waals surface area contributed by atoms with E-state index in [9.17, 15) is 9.59 Å². The zero-order chi connectivity index (χ0) is 8.85. The van der Waals surface area contributed by atoms with Crippen LogP contribution in [0.25, 0.3) is 0 Å². The van der Waals surface area contributed by atoms with Crippen molar-refractivity contribution in [3.05, 3.63) is 11.8 Å². The maximum absolute atomic E-state index is 10.5. The Labute approximate surface area is 63.8 Å². The van der Waals surface area contributed by atoms with Gasteiger partial charge in [-0.2, -0.15) is 0 Å². The second-order valence-corrected chi connectivity index (χ2v) is 1.61. The summed E-state index contributed by atoms with van der Waals surface area (Å²) in [4.78, 5) is 21.0. The molecule has 0 spiro atoms. The van der Waals surface area contributed by atoms with Crippen LogP contribution in [0, 0.1) is 0 Å². The molecule has 0 bridgehead atoms. The summed E-state index contributed by atoms with van der Waals surface area (Å²) in [5.74, 6) is -1.44. The topological polar surface area (TPSA) is 78.6 Å². The molecule has 0 atom stereocenters. The van der Waals surface area contributed by atoms with Crippen molar-refractivity contribution in [3.63, 3.8) is 0 Å². The minimum absolute atomic E-state index is 0.278. The SMILES string of the molecule is COC(=O)/C=C(/N)C(=O)OC. The van der Waals surface area contributed by atoms with Gasteiger partial charge in [-0.1, -0.05) is 0 Å². The summed E-state index contributed by atoms with van der Waals surface area (Å²) in [6, 6.07) is 0. The van der Waals surface area contributed by atoms with Crippen LogP contribution < -0.4 is 5.73 Å². The van der Waals surface area contributed by atoms with Gasteiger partial charge < -0.3 is 15.2 Å². The van der Waals surface area contributed by atoms with Crippen molar-refractivity contribution in [3.8, 4) is 0 Å². The molecule has 2 N–H and O–H groups in total. The van der Waals surface area contributed by atoms with Gasteiger partial charge in [0.05, 0.1) is 20.3 Å². The maximum Gasteiger partial charge on any atom is 0.354 e. The Hall–Kier alpha value is -1.52. The molecule has 0 aromatic carbocycles. The molecule has 0 aromatic heterocycles. The third-order valence-electron chi connectivity index (χ3n) is 0.896. The van der Waals surface area contributed by atoms with Gasteiger partial charge in [0.25, 0.3) is 0 Å². The molecule has 11 heavy (non-hydrogen) atoms. The molecule has 0 rings (SSSR count). The van der Waals surface area contributed by atoms with Gasteiger partial charge in [-0.25, -0.2) is 9.59 Å². The van der Waals surface area contributed by atoms with Crippen LogP contribution in [0.2, 0.25) is 0 Å². The summed E-state index contributed by atoms with van der Waals surface area (Å²) in [5, 5.41) is 0. The molecule has 0 amide bonds. The lowest BCUT2D eigenvalue weighted by Gasteiger charge is -1.96. The molecular weight excluding hydrogens is 150 g/mol. The number of carbonyl (C=O) groups excluding carboxylic acids is 2. The first-order valence-electron chi connectivity index (χ1n) is 2.75. The molecule has 0 fully saturated rings. The van der Waals surface area contributed by atoms with Crippen molar-refractivity contribution in [1.29, 1.82) is 0 Å². The van der Waals surface area contributed by atoms with Gasteiger partial charge in [-0.15, -0.1) is 0 Å². The summed E-state index contributed by atoms with van der Waals surface area (Å²) in [6.45, 7) is 0. The van der Waals surface area contributed by atoms with Crippen LogP contribution in [0.5, 0.6) is 0 Å². The highest BCUT2D eigenvalue weighted by molar-refractivity contribution is 5.95. The number of methoxy groups -OCH3 is 2. The van der Waals surface area contributed by atoms with Crippen LogP contribution in [-0.2, 0) is 19.1 Å². The van der Waals surface area contributed by atoms with Gasteiger partial charge in [-0.3, -0.25) is 0 Å². The number of hydrogen-bond donors (Lipinski definition) is 1. The van der Waals surface area contributed by atoms with Crippen molar-refractivity contribution in [2.75, 3.05) is 14.2 Å². The highest BCUT2D eigenvalue weighted by atomic mass is 16.5. The lowest BCUT2D eigenvalue weighted by atomic mass is 10.4. The average Bonchev–Trinajstić information content (AvgIpc) is 2.02. The van der Waals surface area contributed by atoms with E-state index in [1.165, 1.54) is 14.2 Å². The summed E-state index contributed by atoms with van der Waals surface area (Å²) in [7, 11) is 2.35. The first-order chi connectivity index (χ1) is 5.11. The van der Waals surface area contributed by atoms with Gasteiger partial charge in [0.2, 0.25) is 0 Å². The van der Waals surface area contributed by atoms with Crippen LogP contribution in [-0.4, -0.2) is 26.2 Å². The standard InChI is InChI=1S/C6H9NO4/c1-10-5(8)3-4(7)6(9)11-2/h3H,7H2,1-2H3/b4-3+. The Bertz CT molecular complexity index is 197. The zero-order valence-corrected chi connectivity index (χ0v) is 6.29. The van der Waals surface area contributed by atoms with Crippen molar-refractivity contribution in [2.24, 2.45) is 5.73 Å². The third kappa shape index (κ3) is 3.24. The molecule has 0 saturated carbocycles. The minimum atomic E-state index is -0.754. The molecule has 62 valence electrons. The third-order valence-corrected chi connectivity index (χ3v) is 0.896. The van der Waals surface area contributed by atoms with E-state index in [2.05, 4.69) is 9.47 Å². The molecule has 0 heterocycles. The lowest BCUT2D eigenvalue weighted by molar-refractivity contribution is -0.138. The van der Waals surface area contributed by atoms with Crippen LogP contribution in [0.3, 0.4) is 0 Å². The molecule has 0 unspecified atom stereocenters. The first kappa shape index (κ1) is 9.48. The average molecular weight is 159 g/mol. The van der Waals surface area contributed by atoms with E-state index in [4.69, 9.17) is 5.73 Å². The Balaban J connectivity index is 4.21. The van der Waals surface area contributed by atoms with Crippen LogP contribution in [0.1, 0.15) is 0 Å². The lowest BCUT2D eigenvalue weighted by Crippen LogP contribution is -2.15. The number of ether oxygens (including phenoxy) is 2. The fraction of sp³-hybridized carbons (Fsp3) is 0.333. The highest BCUT2D eigenvalue weighted by Crippen LogP contribution is 1.88. The van der Waals surface area contributed by atoms with E-state index in [0.717, 1.165) is 6.08 Å². The minimum Gasteiger partial charge on any atom is -0.466 e. The van der Waals surface area contributed by atoms with Gasteiger partial charge in [0.1, 0.15) is 5.70 Å². The Morgan fingerprint density at radius 3 is 2.18 bits per heavy atom. The molecule has 0 aliphatic heterocycles. The van der Waals surface area contributed by atoms with E-state index in [0.29, 0.717) is 0 Å². The molecule has 5 nitrogen and oxygen atoms in total. The second kappa shape index (κ2) is 4.32. The predicted octanol–water partition coefficient (Wildman–Crippen LogP) is -0.825. The van der Waals surface area contributed by atoms with Crippen molar-refractivity contribution in [1.82, 2.24) is 0 Å².